The van der Waals surface area contributed by atoms with Gasteiger partial charge in [-0.05, 0) is 60.5 Å². The summed E-state index contributed by atoms with van der Waals surface area (Å²) in [5, 5.41) is 2.15. The molecule has 0 spiro atoms. The molecule has 1 saturated heterocycles. The lowest BCUT2D eigenvalue weighted by Gasteiger charge is -2.33. The van der Waals surface area contributed by atoms with E-state index in [4.69, 9.17) is 4.74 Å². The average Bonchev–Trinajstić information content (AvgIpc) is 3.06. The van der Waals surface area contributed by atoms with Crippen molar-refractivity contribution in [2.75, 3.05) is 26.7 Å². The molecular formula is C22H28N2O2S. The van der Waals surface area contributed by atoms with Gasteiger partial charge >= 0.3 is 0 Å². The van der Waals surface area contributed by atoms with Crippen molar-refractivity contribution in [2.45, 2.75) is 44.7 Å². The van der Waals surface area contributed by atoms with Gasteiger partial charge in [0.25, 0.3) is 0 Å². The zero-order chi connectivity index (χ0) is 18.6. The lowest BCUT2D eigenvalue weighted by atomic mass is 10.0. The molecule has 1 aromatic carbocycles. The number of amides is 1. The Morgan fingerprint density at radius 3 is 2.81 bits per heavy atom. The maximum absolute atomic E-state index is 13.1. The highest BCUT2D eigenvalue weighted by molar-refractivity contribution is 7.10. The van der Waals surface area contributed by atoms with Gasteiger partial charge < -0.3 is 9.64 Å². The number of methoxy groups -OCH3 is 1. The van der Waals surface area contributed by atoms with E-state index >= 15 is 0 Å². The number of ether oxygens (including phenoxy) is 1. The second-order valence-corrected chi connectivity index (χ2v) is 8.54. The Labute approximate surface area is 165 Å². The van der Waals surface area contributed by atoms with E-state index in [1.807, 2.05) is 28.4 Å². The Balaban J connectivity index is 1.46. The first-order valence-electron chi connectivity index (χ1n) is 9.95. The maximum atomic E-state index is 13.1. The third-order valence-electron chi connectivity index (χ3n) is 5.86. The molecule has 2 aliphatic rings. The molecule has 2 aromatic rings. The van der Waals surface area contributed by atoms with Crippen LogP contribution in [0.2, 0.25) is 0 Å². The first-order chi connectivity index (χ1) is 13.2. The molecule has 0 saturated carbocycles. The van der Waals surface area contributed by atoms with Crippen molar-refractivity contribution < 1.29 is 9.53 Å². The number of hydrogen-bond acceptors (Lipinski definition) is 4. The number of carbonyl (C=O) groups is 1. The van der Waals surface area contributed by atoms with E-state index in [1.54, 1.807) is 7.11 Å². The summed E-state index contributed by atoms with van der Waals surface area (Å²) in [6.07, 6.45) is 5.77. The summed E-state index contributed by atoms with van der Waals surface area (Å²) in [6, 6.07) is 10.9. The molecule has 1 fully saturated rings. The van der Waals surface area contributed by atoms with E-state index in [9.17, 15) is 4.79 Å². The molecule has 4 rings (SSSR count). The number of likely N-dealkylation sites (tertiary alicyclic amines) is 1. The highest BCUT2D eigenvalue weighted by Crippen LogP contribution is 2.31. The van der Waals surface area contributed by atoms with Crippen LogP contribution in [-0.2, 0) is 17.8 Å². The molecule has 1 aromatic heterocycles. The Morgan fingerprint density at radius 1 is 1.15 bits per heavy atom. The van der Waals surface area contributed by atoms with Crippen molar-refractivity contribution in [3.63, 3.8) is 0 Å². The van der Waals surface area contributed by atoms with Crippen LogP contribution in [0.15, 0.2) is 35.7 Å². The summed E-state index contributed by atoms with van der Waals surface area (Å²) in [4.78, 5) is 19.0. The minimum absolute atomic E-state index is 0.271. The Kier molecular flexibility index (Phi) is 5.79. The fourth-order valence-electron chi connectivity index (χ4n) is 4.30. The van der Waals surface area contributed by atoms with Gasteiger partial charge in [-0.3, -0.25) is 9.69 Å². The topological polar surface area (TPSA) is 32.8 Å². The Hall–Kier alpha value is -1.85. The van der Waals surface area contributed by atoms with Crippen LogP contribution in [0.25, 0.3) is 0 Å². The number of rotatable bonds is 4. The van der Waals surface area contributed by atoms with Gasteiger partial charge in [0.05, 0.1) is 13.7 Å². The van der Waals surface area contributed by atoms with Crippen LogP contribution in [0.5, 0.6) is 5.75 Å². The van der Waals surface area contributed by atoms with Gasteiger partial charge in [0.15, 0.2) is 0 Å². The summed E-state index contributed by atoms with van der Waals surface area (Å²) in [5.74, 6) is 1.15. The predicted octanol–water partition coefficient (Wildman–Crippen LogP) is 4.26. The minimum Gasteiger partial charge on any atom is -0.497 e. The van der Waals surface area contributed by atoms with Crippen LogP contribution in [0.4, 0.5) is 0 Å². The number of carbonyl (C=O) groups excluding carboxylic acids is 1. The van der Waals surface area contributed by atoms with Crippen LogP contribution < -0.4 is 4.74 Å². The van der Waals surface area contributed by atoms with E-state index < -0.39 is 0 Å². The van der Waals surface area contributed by atoms with Crippen LogP contribution >= 0.6 is 11.3 Å². The number of hydrogen-bond donors (Lipinski definition) is 0. The van der Waals surface area contributed by atoms with Crippen LogP contribution in [-0.4, -0.2) is 42.5 Å². The van der Waals surface area contributed by atoms with Crippen LogP contribution in [0.1, 0.15) is 47.7 Å². The van der Waals surface area contributed by atoms with Gasteiger partial charge in [-0.15, -0.1) is 11.3 Å². The first kappa shape index (κ1) is 18.5. The van der Waals surface area contributed by atoms with Gasteiger partial charge in [-0.2, -0.15) is 0 Å². The van der Waals surface area contributed by atoms with Gasteiger partial charge in [0.1, 0.15) is 5.75 Å². The van der Waals surface area contributed by atoms with E-state index in [-0.39, 0.29) is 5.91 Å². The molecule has 0 bridgehead atoms. The quantitative estimate of drug-likeness (QED) is 0.790. The standard InChI is InChI=1S/C22H28N2O2S/c1-26-19-8-6-17(7-9-19)20-5-3-2-4-12-23(20)16-22(25)24-13-10-21-18(15-24)11-14-27-21/h6-9,11,14,20H,2-5,10,12-13,15-16H2,1H3. The molecule has 1 amide bonds. The summed E-state index contributed by atoms with van der Waals surface area (Å²) >= 11 is 1.82. The van der Waals surface area contributed by atoms with Crippen molar-refractivity contribution in [3.8, 4) is 5.75 Å². The third-order valence-corrected chi connectivity index (χ3v) is 6.89. The number of fused-ring (bicyclic) bond motifs is 1. The van der Waals surface area contributed by atoms with Crippen molar-refractivity contribution >= 4 is 17.2 Å². The molecule has 0 N–H and O–H groups in total. The van der Waals surface area contributed by atoms with Gasteiger partial charge in [0.2, 0.25) is 5.91 Å². The van der Waals surface area contributed by atoms with Crippen molar-refractivity contribution in [1.82, 2.24) is 9.80 Å². The zero-order valence-electron chi connectivity index (χ0n) is 16.0. The number of thiophene rings is 1. The SMILES string of the molecule is COc1ccc(C2CCCCCN2CC(=O)N2CCc3sccc3C2)cc1. The Morgan fingerprint density at radius 2 is 2.00 bits per heavy atom. The highest BCUT2D eigenvalue weighted by atomic mass is 32.1. The second kappa shape index (κ2) is 8.44. The fraction of sp³-hybridized carbons (Fsp3) is 0.500. The van der Waals surface area contributed by atoms with Gasteiger partial charge in [0, 0.05) is 24.0 Å². The zero-order valence-corrected chi connectivity index (χ0v) is 16.8. The van der Waals surface area contributed by atoms with Crippen molar-refractivity contribution in [3.05, 3.63) is 51.7 Å². The summed E-state index contributed by atoms with van der Waals surface area (Å²) in [7, 11) is 1.70. The predicted molar refractivity (Wildman–Crippen MR) is 109 cm³/mol. The molecule has 1 atom stereocenters. The monoisotopic (exact) mass is 384 g/mol. The van der Waals surface area contributed by atoms with Crippen LogP contribution in [0.3, 0.4) is 0 Å². The summed E-state index contributed by atoms with van der Waals surface area (Å²) in [6.45, 7) is 3.16. The number of nitrogens with zero attached hydrogens (tertiary/aromatic N) is 2. The average molecular weight is 385 g/mol. The maximum Gasteiger partial charge on any atom is 0.237 e. The minimum atomic E-state index is 0.271. The molecule has 27 heavy (non-hydrogen) atoms. The van der Waals surface area contributed by atoms with E-state index in [0.717, 1.165) is 38.2 Å². The van der Waals surface area contributed by atoms with E-state index in [1.165, 1.54) is 35.3 Å². The normalized spacial score (nSPS) is 20.8. The van der Waals surface area contributed by atoms with E-state index in [2.05, 4.69) is 28.5 Å². The van der Waals surface area contributed by atoms with Gasteiger partial charge in [-0.1, -0.05) is 25.0 Å². The largest absolute Gasteiger partial charge is 0.497 e. The van der Waals surface area contributed by atoms with Crippen molar-refractivity contribution in [2.24, 2.45) is 0 Å². The molecule has 144 valence electrons. The summed E-state index contributed by atoms with van der Waals surface area (Å²) in [5.41, 5.74) is 2.63. The van der Waals surface area contributed by atoms with Crippen molar-refractivity contribution in [1.29, 1.82) is 0 Å². The van der Waals surface area contributed by atoms with Crippen LogP contribution in [0, 0.1) is 0 Å². The molecule has 3 heterocycles. The molecule has 0 radical (unpaired) electrons. The first-order valence-corrected chi connectivity index (χ1v) is 10.8. The highest BCUT2D eigenvalue weighted by Gasteiger charge is 2.28. The molecule has 2 aliphatic heterocycles. The fourth-order valence-corrected chi connectivity index (χ4v) is 5.19. The lowest BCUT2D eigenvalue weighted by molar-refractivity contribution is -0.134. The van der Waals surface area contributed by atoms with Gasteiger partial charge in [-0.25, -0.2) is 0 Å². The molecule has 1 unspecified atom stereocenters. The number of benzene rings is 1. The molecule has 0 aliphatic carbocycles. The third kappa shape index (κ3) is 4.19. The lowest BCUT2D eigenvalue weighted by Crippen LogP contribution is -2.43. The molecule has 5 heteroatoms. The van der Waals surface area contributed by atoms with E-state index in [0.29, 0.717) is 12.6 Å². The molecular weight excluding hydrogens is 356 g/mol. The Bertz CT molecular complexity index is 771. The second-order valence-electron chi connectivity index (χ2n) is 7.54. The molecule has 4 nitrogen and oxygen atoms in total. The summed E-state index contributed by atoms with van der Waals surface area (Å²) < 4.78 is 5.30. The smallest absolute Gasteiger partial charge is 0.237 e.